The zero-order chi connectivity index (χ0) is 24.9. The van der Waals surface area contributed by atoms with Gasteiger partial charge in [0.2, 0.25) is 5.91 Å². The molecule has 3 aliphatic rings. The molecular formula is C24H27F2N5O4. The van der Waals surface area contributed by atoms with Crippen molar-refractivity contribution in [2.45, 2.75) is 62.1 Å². The van der Waals surface area contributed by atoms with Crippen molar-refractivity contribution in [2.75, 3.05) is 18.5 Å². The fraction of sp³-hybridized carbons (Fsp3) is 0.500. The number of hydrogen-bond acceptors (Lipinski definition) is 6. The largest absolute Gasteiger partial charge is 0.507 e. The first kappa shape index (κ1) is 23.3. The minimum atomic E-state index is -3.04. The fourth-order valence-corrected chi connectivity index (χ4v) is 5.69. The van der Waals surface area contributed by atoms with Crippen molar-refractivity contribution in [1.82, 2.24) is 20.4 Å². The molecule has 3 saturated heterocycles. The molecule has 5 rings (SSSR count). The summed E-state index contributed by atoms with van der Waals surface area (Å²) >= 11 is 0. The van der Waals surface area contributed by atoms with Crippen molar-refractivity contribution in [3.63, 3.8) is 0 Å². The lowest BCUT2D eigenvalue weighted by molar-refractivity contribution is -0.122. The minimum Gasteiger partial charge on any atom is -0.507 e. The van der Waals surface area contributed by atoms with Crippen LogP contribution in [-0.2, 0) is 4.79 Å². The summed E-state index contributed by atoms with van der Waals surface area (Å²) in [6, 6.07) is 6.34. The third-order valence-corrected chi connectivity index (χ3v) is 7.56. The van der Waals surface area contributed by atoms with Crippen molar-refractivity contribution in [3.05, 3.63) is 35.9 Å². The molecule has 1 aromatic heterocycles. The molecule has 2 bridgehead atoms. The number of aromatic nitrogens is 2. The summed E-state index contributed by atoms with van der Waals surface area (Å²) in [5.74, 6) is -2.46. The number of aromatic hydroxyl groups is 1. The van der Waals surface area contributed by atoms with Gasteiger partial charge in [-0.3, -0.25) is 9.69 Å². The van der Waals surface area contributed by atoms with Crippen LogP contribution in [0.2, 0.25) is 0 Å². The van der Waals surface area contributed by atoms with Crippen molar-refractivity contribution < 1.29 is 28.6 Å². The van der Waals surface area contributed by atoms with Crippen LogP contribution in [0.1, 0.15) is 43.6 Å². The SMILES string of the molecule is CN(c1ccc(-c2ccc([C@H]3CCNC(=O)C3)cc2O)nn1)[C@@H]1C[C@H]2CC(F)(F)[C@@H](C1)N2C(=O)O. The van der Waals surface area contributed by atoms with E-state index in [9.17, 15) is 28.6 Å². The van der Waals surface area contributed by atoms with E-state index in [2.05, 4.69) is 15.5 Å². The van der Waals surface area contributed by atoms with E-state index in [0.717, 1.165) is 16.9 Å². The lowest BCUT2D eigenvalue weighted by Crippen LogP contribution is -2.54. The molecule has 0 saturated carbocycles. The fourth-order valence-electron chi connectivity index (χ4n) is 5.69. The van der Waals surface area contributed by atoms with Crippen LogP contribution in [0.3, 0.4) is 0 Å². The smallest absolute Gasteiger partial charge is 0.408 e. The molecular weight excluding hydrogens is 460 g/mol. The summed E-state index contributed by atoms with van der Waals surface area (Å²) < 4.78 is 28.8. The van der Waals surface area contributed by atoms with Gasteiger partial charge >= 0.3 is 6.09 Å². The van der Waals surface area contributed by atoms with E-state index in [-0.39, 0.29) is 30.0 Å². The van der Waals surface area contributed by atoms with E-state index >= 15 is 0 Å². The summed E-state index contributed by atoms with van der Waals surface area (Å²) in [7, 11) is 1.74. The number of carbonyl (C=O) groups is 2. The average molecular weight is 488 g/mol. The number of nitrogens with one attached hydrogen (secondary N) is 1. The Balaban J connectivity index is 1.30. The summed E-state index contributed by atoms with van der Waals surface area (Å²) in [5.41, 5.74) is 1.85. The van der Waals surface area contributed by atoms with Crippen molar-refractivity contribution in [3.8, 4) is 17.0 Å². The Kier molecular flexibility index (Phi) is 5.72. The third kappa shape index (κ3) is 4.23. The first-order valence-corrected chi connectivity index (χ1v) is 11.7. The van der Waals surface area contributed by atoms with E-state index in [1.165, 1.54) is 0 Å². The van der Waals surface area contributed by atoms with Crippen LogP contribution in [0, 0.1) is 0 Å². The number of fused-ring (bicyclic) bond motifs is 2. The molecule has 2 aromatic rings. The molecule has 9 nitrogen and oxygen atoms in total. The number of alkyl halides is 2. The van der Waals surface area contributed by atoms with E-state index < -0.39 is 30.5 Å². The number of piperidine rings is 2. The predicted molar refractivity (Wildman–Crippen MR) is 123 cm³/mol. The molecule has 4 heterocycles. The maximum Gasteiger partial charge on any atom is 0.408 e. The molecule has 0 radical (unpaired) electrons. The number of hydrogen-bond donors (Lipinski definition) is 3. The van der Waals surface area contributed by atoms with Gasteiger partial charge in [0.25, 0.3) is 5.92 Å². The second-order valence-corrected chi connectivity index (χ2v) is 9.65. The predicted octanol–water partition coefficient (Wildman–Crippen LogP) is 3.20. The summed E-state index contributed by atoms with van der Waals surface area (Å²) in [6.07, 6.45) is -0.264. The zero-order valence-corrected chi connectivity index (χ0v) is 19.2. The Labute approximate surface area is 200 Å². The first-order chi connectivity index (χ1) is 16.6. The zero-order valence-electron chi connectivity index (χ0n) is 19.2. The number of benzene rings is 1. The summed E-state index contributed by atoms with van der Waals surface area (Å²) in [5, 5.41) is 31.3. The van der Waals surface area contributed by atoms with E-state index in [1.807, 2.05) is 6.07 Å². The molecule has 0 unspecified atom stereocenters. The Morgan fingerprint density at radius 2 is 2.03 bits per heavy atom. The minimum absolute atomic E-state index is 0.000695. The Bertz CT molecular complexity index is 1150. The molecule has 186 valence electrons. The lowest BCUT2D eigenvalue weighted by atomic mass is 9.89. The third-order valence-electron chi connectivity index (χ3n) is 7.56. The highest BCUT2D eigenvalue weighted by molar-refractivity contribution is 5.78. The van der Waals surface area contributed by atoms with Crippen LogP contribution in [0.25, 0.3) is 11.3 Å². The number of phenolic OH excluding ortho intramolecular Hbond substituents is 1. The molecule has 4 atom stereocenters. The van der Waals surface area contributed by atoms with Crippen molar-refractivity contribution in [2.24, 2.45) is 0 Å². The number of phenols is 1. The van der Waals surface area contributed by atoms with Crippen LogP contribution in [-0.4, -0.2) is 75.0 Å². The molecule has 2 amide bonds. The average Bonchev–Trinajstić information content (AvgIpc) is 2.99. The van der Waals surface area contributed by atoms with Gasteiger partial charge in [-0.05, 0) is 55.0 Å². The highest BCUT2D eigenvalue weighted by Crippen LogP contribution is 2.47. The van der Waals surface area contributed by atoms with Gasteiger partial charge in [-0.1, -0.05) is 6.07 Å². The molecule has 3 fully saturated rings. The van der Waals surface area contributed by atoms with Crippen LogP contribution >= 0.6 is 0 Å². The van der Waals surface area contributed by atoms with Crippen LogP contribution < -0.4 is 10.2 Å². The molecule has 3 N–H and O–H groups in total. The number of nitrogens with zero attached hydrogens (tertiary/aromatic N) is 4. The molecule has 11 heteroatoms. The van der Waals surface area contributed by atoms with Gasteiger partial charge in [0.05, 0.1) is 5.69 Å². The maximum absolute atomic E-state index is 14.4. The van der Waals surface area contributed by atoms with Gasteiger partial charge in [-0.2, -0.15) is 0 Å². The Hall–Kier alpha value is -3.50. The van der Waals surface area contributed by atoms with Crippen LogP contribution in [0.15, 0.2) is 30.3 Å². The monoisotopic (exact) mass is 487 g/mol. The summed E-state index contributed by atoms with van der Waals surface area (Å²) in [6.45, 7) is 0.612. The number of halogens is 2. The Morgan fingerprint density at radius 1 is 1.23 bits per heavy atom. The second-order valence-electron chi connectivity index (χ2n) is 9.65. The van der Waals surface area contributed by atoms with E-state index in [0.29, 0.717) is 36.5 Å². The van der Waals surface area contributed by atoms with Gasteiger partial charge < -0.3 is 20.4 Å². The molecule has 0 aliphatic carbocycles. The van der Waals surface area contributed by atoms with Gasteiger partial charge in [0, 0.05) is 44.1 Å². The van der Waals surface area contributed by atoms with E-state index in [4.69, 9.17) is 0 Å². The first-order valence-electron chi connectivity index (χ1n) is 11.7. The van der Waals surface area contributed by atoms with Gasteiger partial charge in [0.15, 0.2) is 5.82 Å². The highest BCUT2D eigenvalue weighted by atomic mass is 19.3. The molecule has 3 aliphatic heterocycles. The summed E-state index contributed by atoms with van der Waals surface area (Å²) in [4.78, 5) is 25.9. The van der Waals surface area contributed by atoms with Crippen molar-refractivity contribution in [1.29, 1.82) is 0 Å². The number of anilines is 1. The molecule has 0 spiro atoms. The normalized spacial score (nSPS) is 27.4. The topological polar surface area (TPSA) is 119 Å². The van der Waals surface area contributed by atoms with Crippen LogP contribution in [0.4, 0.5) is 19.4 Å². The molecule has 1 aromatic carbocycles. The lowest BCUT2D eigenvalue weighted by Gasteiger charge is -2.41. The number of carboxylic acid groups (broad SMARTS) is 1. The van der Waals surface area contributed by atoms with E-state index in [1.54, 1.807) is 36.2 Å². The second kappa shape index (κ2) is 8.62. The number of carbonyl (C=O) groups excluding carboxylic acids is 1. The number of rotatable bonds is 4. The maximum atomic E-state index is 14.4. The standard InChI is InChI=1S/C24H27F2N5O4/c1-30(15-10-16-12-24(25,26)20(11-15)31(16)23(34)35)21-5-4-18(28-29-21)17-3-2-13(8-19(17)32)14-6-7-27-22(33)9-14/h2-5,8,14-16,20,32H,6-7,9-12H2,1H3,(H,27,33)(H,34,35)/t14-,15+,16-,20+/m0/s1. The van der Waals surface area contributed by atoms with Crippen molar-refractivity contribution >= 4 is 17.8 Å². The highest BCUT2D eigenvalue weighted by Gasteiger charge is 2.59. The number of amides is 2. The van der Waals surface area contributed by atoms with Gasteiger partial charge in [-0.15, -0.1) is 10.2 Å². The van der Waals surface area contributed by atoms with Gasteiger partial charge in [-0.25, -0.2) is 13.6 Å². The molecule has 35 heavy (non-hydrogen) atoms. The van der Waals surface area contributed by atoms with Gasteiger partial charge in [0.1, 0.15) is 11.8 Å². The Morgan fingerprint density at radius 3 is 2.66 bits per heavy atom. The van der Waals surface area contributed by atoms with Crippen LogP contribution in [0.5, 0.6) is 5.75 Å². The quantitative estimate of drug-likeness (QED) is 0.606.